The summed E-state index contributed by atoms with van der Waals surface area (Å²) >= 11 is 1.81. The molecule has 0 amide bonds. The van der Waals surface area contributed by atoms with Crippen molar-refractivity contribution in [3.63, 3.8) is 0 Å². The topological polar surface area (TPSA) is 51.6 Å². The lowest BCUT2D eigenvalue weighted by atomic mass is 9.89. The smallest absolute Gasteiger partial charge is 0.164 e. The van der Waals surface area contributed by atoms with Crippen molar-refractivity contribution in [3.8, 4) is 56.5 Å². The maximum atomic E-state index is 5.37. The van der Waals surface area contributed by atoms with Gasteiger partial charge in [0, 0.05) is 43.1 Å². The van der Waals surface area contributed by atoms with Crippen LogP contribution < -0.4 is 0 Å². The molecule has 264 valence electrons. The average molecular weight is 743 g/mol. The van der Waals surface area contributed by atoms with Gasteiger partial charge in [0.25, 0.3) is 0 Å². The fraction of sp³-hybridized carbons (Fsp3) is 0. The molecule has 0 aliphatic carbocycles. The van der Waals surface area contributed by atoms with Crippen molar-refractivity contribution in [2.45, 2.75) is 0 Å². The second-order valence-corrected chi connectivity index (χ2v) is 15.6. The lowest BCUT2D eigenvalue weighted by Gasteiger charge is -2.15. The molecule has 4 nitrogen and oxygen atoms in total. The van der Waals surface area contributed by atoms with E-state index in [1.807, 2.05) is 18.2 Å². The van der Waals surface area contributed by atoms with Gasteiger partial charge in [-0.3, -0.25) is 0 Å². The second-order valence-electron chi connectivity index (χ2n) is 14.6. The monoisotopic (exact) mass is 742 g/mol. The molecular formula is C52H30N4S. The molecule has 0 radical (unpaired) electrons. The van der Waals surface area contributed by atoms with Gasteiger partial charge in [-0.25, -0.2) is 19.9 Å². The van der Waals surface area contributed by atoms with Crippen molar-refractivity contribution < 1.29 is 0 Å². The Bertz CT molecular complexity index is 3520. The highest BCUT2D eigenvalue weighted by Crippen LogP contribution is 2.42. The van der Waals surface area contributed by atoms with Gasteiger partial charge >= 0.3 is 0 Å². The van der Waals surface area contributed by atoms with Gasteiger partial charge in [-0.2, -0.15) is 0 Å². The summed E-state index contributed by atoms with van der Waals surface area (Å²) in [5.41, 5.74) is 8.06. The van der Waals surface area contributed by atoms with Gasteiger partial charge in [0.2, 0.25) is 0 Å². The molecule has 5 heteroatoms. The van der Waals surface area contributed by atoms with Crippen molar-refractivity contribution in [2.75, 3.05) is 0 Å². The van der Waals surface area contributed by atoms with E-state index in [4.69, 9.17) is 19.9 Å². The lowest BCUT2D eigenvalue weighted by molar-refractivity contribution is 1.07. The molecule has 0 fully saturated rings. The summed E-state index contributed by atoms with van der Waals surface area (Å²) in [5.74, 6) is 1.86. The Morgan fingerprint density at radius 2 is 0.877 bits per heavy atom. The quantitative estimate of drug-likeness (QED) is 0.165. The number of hydrogen-bond donors (Lipinski definition) is 0. The number of rotatable bonds is 5. The summed E-state index contributed by atoms with van der Waals surface area (Å²) in [6, 6.07) is 64.4. The third-order valence-electron chi connectivity index (χ3n) is 11.2. The molecule has 0 spiro atoms. The van der Waals surface area contributed by atoms with Gasteiger partial charge in [-0.1, -0.05) is 164 Å². The first kappa shape index (κ1) is 32.0. The van der Waals surface area contributed by atoms with Crippen LogP contribution in [0.1, 0.15) is 0 Å². The van der Waals surface area contributed by atoms with Gasteiger partial charge in [0.1, 0.15) is 0 Å². The van der Waals surface area contributed by atoms with Crippen molar-refractivity contribution >= 4 is 74.7 Å². The number of aromatic nitrogens is 4. The van der Waals surface area contributed by atoms with E-state index in [1.165, 1.54) is 58.1 Å². The van der Waals surface area contributed by atoms with Crippen LogP contribution >= 0.6 is 11.3 Å². The predicted octanol–water partition coefficient (Wildman–Crippen LogP) is 14.0. The van der Waals surface area contributed by atoms with E-state index in [0.29, 0.717) is 17.5 Å². The van der Waals surface area contributed by atoms with Crippen LogP contribution in [0.4, 0.5) is 0 Å². The Balaban J connectivity index is 1.02. The van der Waals surface area contributed by atoms with Crippen LogP contribution in [-0.2, 0) is 0 Å². The van der Waals surface area contributed by atoms with Crippen LogP contribution in [0.2, 0.25) is 0 Å². The number of hydrogen-bond acceptors (Lipinski definition) is 5. The molecule has 12 rings (SSSR count). The molecule has 0 saturated carbocycles. The molecule has 57 heavy (non-hydrogen) atoms. The first-order valence-electron chi connectivity index (χ1n) is 19.1. The van der Waals surface area contributed by atoms with Crippen LogP contribution in [0.15, 0.2) is 182 Å². The molecule has 0 bridgehead atoms. The Morgan fingerprint density at radius 1 is 0.333 bits per heavy atom. The van der Waals surface area contributed by atoms with Gasteiger partial charge in [0.15, 0.2) is 17.5 Å². The zero-order valence-electron chi connectivity index (χ0n) is 30.5. The minimum Gasteiger partial charge on any atom is -0.246 e. The average Bonchev–Trinajstić information content (AvgIpc) is 3.67. The molecule has 0 aliphatic rings. The summed E-state index contributed by atoms with van der Waals surface area (Å²) in [7, 11) is 0. The predicted molar refractivity (Wildman–Crippen MR) is 239 cm³/mol. The highest BCUT2D eigenvalue weighted by Gasteiger charge is 2.18. The van der Waals surface area contributed by atoms with Crippen LogP contribution in [0, 0.1) is 0 Å². The Hall–Kier alpha value is -7.34. The first-order valence-corrected chi connectivity index (χ1v) is 19.9. The molecule has 12 aromatic rings. The van der Waals surface area contributed by atoms with Gasteiger partial charge in [-0.15, -0.1) is 11.3 Å². The molecule has 0 N–H and O–H groups in total. The van der Waals surface area contributed by atoms with E-state index in [1.54, 1.807) is 11.3 Å². The zero-order valence-corrected chi connectivity index (χ0v) is 31.3. The van der Waals surface area contributed by atoms with E-state index < -0.39 is 0 Å². The van der Waals surface area contributed by atoms with Crippen LogP contribution in [0.25, 0.3) is 120 Å². The molecule has 0 atom stereocenters. The molecule has 0 aliphatic heterocycles. The number of benzene rings is 9. The highest BCUT2D eigenvalue weighted by atomic mass is 32.1. The Morgan fingerprint density at radius 3 is 1.65 bits per heavy atom. The first-order chi connectivity index (χ1) is 28.2. The summed E-state index contributed by atoms with van der Waals surface area (Å²) < 4.78 is 2.45. The molecular weight excluding hydrogens is 713 g/mol. The molecule has 3 aromatic heterocycles. The molecule has 9 aromatic carbocycles. The molecule has 0 unspecified atom stereocenters. The maximum absolute atomic E-state index is 5.37. The number of nitrogens with zero attached hydrogens (tertiary/aromatic N) is 4. The van der Waals surface area contributed by atoms with E-state index in [0.717, 1.165) is 44.4 Å². The Kier molecular flexibility index (Phi) is 7.06. The SMILES string of the molecule is c1ccc(-c2nc(-c3cccc(-c4nc5c6ccccc6sc5c5ccccc45)c3)nc(-c3cccc(-c4ccc5ccc6cccc7ccc4c5c67)c3)n2)cc1. The third-order valence-corrected chi connectivity index (χ3v) is 12.4. The van der Waals surface area contributed by atoms with E-state index in [-0.39, 0.29) is 0 Å². The van der Waals surface area contributed by atoms with Crippen molar-refractivity contribution in [1.82, 2.24) is 19.9 Å². The summed E-state index contributed by atoms with van der Waals surface area (Å²) in [5, 5.41) is 11.1. The van der Waals surface area contributed by atoms with Gasteiger partial charge in [-0.05, 0) is 61.6 Å². The fourth-order valence-electron chi connectivity index (χ4n) is 8.57. The minimum absolute atomic E-state index is 0.611. The minimum atomic E-state index is 0.611. The lowest BCUT2D eigenvalue weighted by Crippen LogP contribution is -2.00. The molecule has 0 saturated heterocycles. The summed E-state index contributed by atoms with van der Waals surface area (Å²) in [4.78, 5) is 20.8. The zero-order chi connectivity index (χ0) is 37.5. The summed E-state index contributed by atoms with van der Waals surface area (Å²) in [6.45, 7) is 0. The van der Waals surface area contributed by atoms with E-state index in [9.17, 15) is 0 Å². The summed E-state index contributed by atoms with van der Waals surface area (Å²) in [6.07, 6.45) is 0. The maximum Gasteiger partial charge on any atom is 0.164 e. The van der Waals surface area contributed by atoms with Crippen molar-refractivity contribution in [1.29, 1.82) is 0 Å². The van der Waals surface area contributed by atoms with Crippen LogP contribution in [-0.4, -0.2) is 19.9 Å². The van der Waals surface area contributed by atoms with Crippen molar-refractivity contribution in [3.05, 3.63) is 182 Å². The number of pyridine rings is 1. The van der Waals surface area contributed by atoms with Gasteiger partial charge in [0.05, 0.1) is 15.9 Å². The van der Waals surface area contributed by atoms with Gasteiger partial charge < -0.3 is 0 Å². The van der Waals surface area contributed by atoms with E-state index in [2.05, 4.69) is 164 Å². The van der Waals surface area contributed by atoms with E-state index >= 15 is 0 Å². The fourth-order valence-corrected chi connectivity index (χ4v) is 9.76. The van der Waals surface area contributed by atoms with Crippen LogP contribution in [0.3, 0.4) is 0 Å². The number of fused-ring (bicyclic) bond motifs is 5. The van der Waals surface area contributed by atoms with Crippen molar-refractivity contribution in [2.24, 2.45) is 0 Å². The Labute approximate surface area is 331 Å². The third kappa shape index (κ3) is 5.13. The number of thiophene rings is 1. The van der Waals surface area contributed by atoms with Crippen LogP contribution in [0.5, 0.6) is 0 Å². The molecule has 3 heterocycles. The normalized spacial score (nSPS) is 11.9. The highest BCUT2D eigenvalue weighted by molar-refractivity contribution is 7.26. The largest absolute Gasteiger partial charge is 0.246 e. The second kappa shape index (κ2) is 12.6. The standard InChI is InChI=1S/C52H30N4S/c1-2-11-34(12-3-1)50-54-51(37-17-9-15-35(29-37)39-27-25-33-24-23-31-13-8-14-32-26-28-40(39)46(33)45(31)32)56-52(55-50)38-18-10-16-36(30-38)47-41-19-4-5-20-42(41)49-48(53-47)43-21-6-7-22-44(43)57-49/h1-30H.